The summed E-state index contributed by atoms with van der Waals surface area (Å²) in [4.78, 5) is 3.14. The van der Waals surface area contributed by atoms with Crippen LogP contribution in [-0.4, -0.2) is 19.2 Å². The molecule has 0 amide bonds. The second-order valence-electron chi connectivity index (χ2n) is 3.74. The lowest BCUT2D eigenvalue weighted by atomic mass is 10.2. The van der Waals surface area contributed by atoms with Crippen LogP contribution in [-0.2, 0) is 16.6 Å². The summed E-state index contributed by atoms with van der Waals surface area (Å²) in [6.07, 6.45) is 0.639. The van der Waals surface area contributed by atoms with Crippen molar-refractivity contribution in [3.8, 4) is 0 Å². The molecule has 86 valence electrons. The number of sulfonamides is 1. The topological polar surface area (TPSA) is 62.0 Å². The van der Waals surface area contributed by atoms with Crippen LogP contribution in [0.2, 0.25) is 0 Å². The van der Waals surface area contributed by atoms with Crippen molar-refractivity contribution in [2.24, 2.45) is 0 Å². The molecule has 0 aliphatic rings. The van der Waals surface area contributed by atoms with Gasteiger partial charge in [0, 0.05) is 17.9 Å². The third kappa shape index (κ3) is 3.68. The molecule has 15 heavy (non-hydrogen) atoms. The average molecular weight is 230 g/mol. The number of hydrogen-bond acceptors (Lipinski definition) is 2. The van der Waals surface area contributed by atoms with Crippen molar-refractivity contribution in [3.63, 3.8) is 0 Å². The molecule has 1 aromatic rings. The van der Waals surface area contributed by atoms with E-state index in [-0.39, 0.29) is 5.75 Å². The van der Waals surface area contributed by atoms with Crippen LogP contribution in [0, 0.1) is 13.8 Å². The highest BCUT2D eigenvalue weighted by Gasteiger charge is 2.09. The number of H-pyrrole nitrogens is 1. The summed E-state index contributed by atoms with van der Waals surface area (Å²) >= 11 is 0. The molecule has 0 spiro atoms. The van der Waals surface area contributed by atoms with E-state index in [1.165, 1.54) is 0 Å². The first kappa shape index (κ1) is 12.3. The Hall–Kier alpha value is -0.810. The van der Waals surface area contributed by atoms with Gasteiger partial charge in [0.2, 0.25) is 10.0 Å². The fraction of sp³-hybridized carbons (Fsp3) is 0.600. The molecule has 0 aromatic carbocycles. The Morgan fingerprint density at radius 3 is 2.53 bits per heavy atom. The SMILES string of the molecule is CCCS(=O)(=O)NCc1cc(C)[nH]c1C. The third-order valence-electron chi connectivity index (χ3n) is 2.21. The van der Waals surface area contributed by atoms with Crippen molar-refractivity contribution in [3.05, 3.63) is 23.0 Å². The Labute approximate surface area is 91.1 Å². The number of aromatic amines is 1. The van der Waals surface area contributed by atoms with Gasteiger partial charge < -0.3 is 4.98 Å². The van der Waals surface area contributed by atoms with E-state index >= 15 is 0 Å². The van der Waals surface area contributed by atoms with Gasteiger partial charge in [-0.25, -0.2) is 13.1 Å². The van der Waals surface area contributed by atoms with Crippen LogP contribution in [0.1, 0.15) is 30.3 Å². The Balaban J connectivity index is 2.61. The molecule has 5 heteroatoms. The van der Waals surface area contributed by atoms with Crippen molar-refractivity contribution < 1.29 is 8.42 Å². The van der Waals surface area contributed by atoms with E-state index in [0.717, 1.165) is 17.0 Å². The Morgan fingerprint density at radius 1 is 1.40 bits per heavy atom. The highest BCUT2D eigenvalue weighted by atomic mass is 32.2. The number of aromatic nitrogens is 1. The second-order valence-corrected chi connectivity index (χ2v) is 5.67. The van der Waals surface area contributed by atoms with Gasteiger partial charge in [0.05, 0.1) is 5.75 Å². The van der Waals surface area contributed by atoms with Gasteiger partial charge in [-0.05, 0) is 31.9 Å². The average Bonchev–Trinajstić information content (AvgIpc) is 2.42. The second kappa shape index (κ2) is 4.81. The summed E-state index contributed by atoms with van der Waals surface area (Å²) in [6, 6.07) is 1.96. The maximum absolute atomic E-state index is 11.4. The Morgan fingerprint density at radius 2 is 2.07 bits per heavy atom. The zero-order chi connectivity index (χ0) is 11.5. The van der Waals surface area contributed by atoms with E-state index < -0.39 is 10.0 Å². The van der Waals surface area contributed by atoms with Crippen molar-refractivity contribution in [2.45, 2.75) is 33.7 Å². The molecule has 4 nitrogen and oxygen atoms in total. The summed E-state index contributed by atoms with van der Waals surface area (Å²) in [7, 11) is -3.10. The first-order chi connectivity index (χ1) is 6.94. The molecule has 0 radical (unpaired) electrons. The van der Waals surface area contributed by atoms with E-state index in [1.54, 1.807) is 0 Å². The summed E-state index contributed by atoms with van der Waals surface area (Å²) < 4.78 is 25.4. The monoisotopic (exact) mass is 230 g/mol. The minimum absolute atomic E-state index is 0.190. The molecule has 1 aromatic heterocycles. The lowest BCUT2D eigenvalue weighted by Crippen LogP contribution is -2.25. The minimum Gasteiger partial charge on any atom is -0.362 e. The lowest BCUT2D eigenvalue weighted by Gasteiger charge is -2.04. The molecule has 0 unspecified atom stereocenters. The quantitative estimate of drug-likeness (QED) is 0.804. The summed E-state index contributed by atoms with van der Waals surface area (Å²) in [5.74, 6) is 0.190. The van der Waals surface area contributed by atoms with Gasteiger partial charge >= 0.3 is 0 Å². The van der Waals surface area contributed by atoms with Gasteiger partial charge in [0.15, 0.2) is 0 Å². The molecule has 0 saturated carbocycles. The number of hydrogen-bond donors (Lipinski definition) is 2. The summed E-state index contributed by atoms with van der Waals surface area (Å²) in [5, 5.41) is 0. The van der Waals surface area contributed by atoms with Crippen LogP contribution in [0.25, 0.3) is 0 Å². The van der Waals surface area contributed by atoms with Crippen LogP contribution in [0.3, 0.4) is 0 Å². The van der Waals surface area contributed by atoms with Crippen LogP contribution < -0.4 is 4.72 Å². The van der Waals surface area contributed by atoms with Gasteiger partial charge in [0.25, 0.3) is 0 Å². The van der Waals surface area contributed by atoms with Crippen molar-refractivity contribution in [1.29, 1.82) is 0 Å². The third-order valence-corrected chi connectivity index (χ3v) is 3.74. The first-order valence-corrected chi connectivity index (χ1v) is 6.72. The lowest BCUT2D eigenvalue weighted by molar-refractivity contribution is 0.580. The van der Waals surface area contributed by atoms with Gasteiger partial charge in [0.1, 0.15) is 0 Å². The minimum atomic E-state index is -3.10. The molecular weight excluding hydrogens is 212 g/mol. The maximum Gasteiger partial charge on any atom is 0.211 e. The van der Waals surface area contributed by atoms with Crippen LogP contribution in [0.15, 0.2) is 6.07 Å². The summed E-state index contributed by atoms with van der Waals surface area (Å²) in [6.45, 7) is 6.12. The fourth-order valence-corrected chi connectivity index (χ4v) is 2.55. The van der Waals surface area contributed by atoms with Crippen molar-refractivity contribution >= 4 is 10.0 Å². The van der Waals surface area contributed by atoms with Crippen molar-refractivity contribution in [2.75, 3.05) is 5.75 Å². The van der Waals surface area contributed by atoms with E-state index in [0.29, 0.717) is 13.0 Å². The highest BCUT2D eigenvalue weighted by Crippen LogP contribution is 2.09. The fourth-order valence-electron chi connectivity index (χ4n) is 1.49. The van der Waals surface area contributed by atoms with Crippen LogP contribution >= 0.6 is 0 Å². The standard InChI is InChI=1S/C10H18N2O2S/c1-4-5-15(13,14)11-7-10-6-8(2)12-9(10)3/h6,11-12H,4-5,7H2,1-3H3. The molecular formula is C10H18N2O2S. The Kier molecular flexibility index (Phi) is 3.93. The van der Waals surface area contributed by atoms with Gasteiger partial charge in [-0.15, -0.1) is 0 Å². The molecule has 0 saturated heterocycles. The van der Waals surface area contributed by atoms with Crippen LogP contribution in [0.5, 0.6) is 0 Å². The molecule has 0 fully saturated rings. The van der Waals surface area contributed by atoms with Crippen LogP contribution in [0.4, 0.5) is 0 Å². The molecule has 0 bridgehead atoms. The maximum atomic E-state index is 11.4. The number of aryl methyl sites for hydroxylation is 2. The van der Waals surface area contributed by atoms with E-state index in [2.05, 4.69) is 9.71 Å². The van der Waals surface area contributed by atoms with E-state index in [9.17, 15) is 8.42 Å². The zero-order valence-electron chi connectivity index (χ0n) is 9.42. The largest absolute Gasteiger partial charge is 0.362 e. The number of nitrogens with one attached hydrogen (secondary N) is 2. The first-order valence-electron chi connectivity index (χ1n) is 5.07. The molecule has 2 N–H and O–H groups in total. The molecule has 0 aliphatic carbocycles. The summed E-state index contributed by atoms with van der Waals surface area (Å²) in [5.41, 5.74) is 3.08. The smallest absolute Gasteiger partial charge is 0.211 e. The van der Waals surface area contributed by atoms with E-state index in [1.807, 2.05) is 26.8 Å². The van der Waals surface area contributed by atoms with Gasteiger partial charge in [-0.1, -0.05) is 6.92 Å². The zero-order valence-corrected chi connectivity index (χ0v) is 10.2. The highest BCUT2D eigenvalue weighted by molar-refractivity contribution is 7.89. The van der Waals surface area contributed by atoms with Gasteiger partial charge in [-0.3, -0.25) is 0 Å². The molecule has 1 heterocycles. The molecule has 0 atom stereocenters. The van der Waals surface area contributed by atoms with Crippen molar-refractivity contribution in [1.82, 2.24) is 9.71 Å². The Bertz CT molecular complexity index is 421. The molecule has 1 rings (SSSR count). The van der Waals surface area contributed by atoms with Gasteiger partial charge in [-0.2, -0.15) is 0 Å². The predicted octanol–water partition coefficient (Wildman–Crippen LogP) is 1.46. The molecule has 0 aliphatic heterocycles. The predicted molar refractivity (Wildman–Crippen MR) is 61.2 cm³/mol. The number of rotatable bonds is 5. The van der Waals surface area contributed by atoms with E-state index in [4.69, 9.17) is 0 Å². The normalized spacial score (nSPS) is 11.9.